The van der Waals surface area contributed by atoms with E-state index >= 15 is 0 Å². The molecule has 0 fully saturated rings. The fourth-order valence-corrected chi connectivity index (χ4v) is 3.71. The molecular weight excluding hydrogens is 472 g/mol. The highest BCUT2D eigenvalue weighted by molar-refractivity contribution is 9.10. The van der Waals surface area contributed by atoms with Crippen LogP contribution in [-0.4, -0.2) is 26.0 Å². The summed E-state index contributed by atoms with van der Waals surface area (Å²) in [5, 5.41) is 13.8. The molecule has 8 heteroatoms. The molecule has 0 aromatic heterocycles. The SMILES string of the molecule is COc1cc([C@@H](Nc2ccc(C(=N)N)cc2)C(=O)NCc2ccccc2)cc(OC)c1Br. The zero-order valence-corrected chi connectivity index (χ0v) is 19.4. The van der Waals surface area contributed by atoms with Crippen molar-refractivity contribution in [3.05, 3.63) is 87.9 Å². The van der Waals surface area contributed by atoms with E-state index in [2.05, 4.69) is 26.6 Å². The summed E-state index contributed by atoms with van der Waals surface area (Å²) in [4.78, 5) is 13.3. The summed E-state index contributed by atoms with van der Waals surface area (Å²) >= 11 is 3.47. The number of amides is 1. The molecule has 0 bridgehead atoms. The number of nitrogens with one attached hydrogen (secondary N) is 3. The fourth-order valence-electron chi connectivity index (χ4n) is 3.16. The van der Waals surface area contributed by atoms with E-state index in [1.54, 1.807) is 50.6 Å². The van der Waals surface area contributed by atoms with Crippen LogP contribution in [0.3, 0.4) is 0 Å². The van der Waals surface area contributed by atoms with E-state index in [9.17, 15) is 4.79 Å². The minimum atomic E-state index is -0.724. The second kappa shape index (κ2) is 10.7. The molecule has 166 valence electrons. The average molecular weight is 497 g/mol. The molecule has 1 atom stereocenters. The van der Waals surface area contributed by atoms with Gasteiger partial charge in [-0.3, -0.25) is 10.2 Å². The van der Waals surface area contributed by atoms with E-state index in [-0.39, 0.29) is 11.7 Å². The number of rotatable bonds is 9. The van der Waals surface area contributed by atoms with E-state index in [0.29, 0.717) is 39.3 Å². The van der Waals surface area contributed by atoms with Crippen molar-refractivity contribution in [3.63, 3.8) is 0 Å². The predicted molar refractivity (Wildman–Crippen MR) is 129 cm³/mol. The van der Waals surface area contributed by atoms with Gasteiger partial charge in [0.05, 0.1) is 14.2 Å². The number of hydrogen-bond donors (Lipinski definition) is 4. The molecule has 0 spiro atoms. The van der Waals surface area contributed by atoms with Crippen molar-refractivity contribution in [1.82, 2.24) is 5.32 Å². The first-order valence-corrected chi connectivity index (χ1v) is 10.7. The lowest BCUT2D eigenvalue weighted by Crippen LogP contribution is -2.33. The van der Waals surface area contributed by atoms with Gasteiger partial charge in [0.1, 0.15) is 27.8 Å². The average Bonchev–Trinajstić information content (AvgIpc) is 2.82. The minimum Gasteiger partial charge on any atom is -0.495 e. The molecular formula is C24H25BrN4O3. The van der Waals surface area contributed by atoms with Crippen molar-refractivity contribution in [1.29, 1.82) is 5.41 Å². The van der Waals surface area contributed by atoms with Gasteiger partial charge in [-0.15, -0.1) is 0 Å². The Balaban J connectivity index is 1.93. The Labute approximate surface area is 195 Å². The zero-order valence-electron chi connectivity index (χ0n) is 17.8. The van der Waals surface area contributed by atoms with Crippen LogP contribution in [0.4, 0.5) is 5.69 Å². The number of nitrogen functional groups attached to an aromatic ring is 1. The molecule has 0 heterocycles. The minimum absolute atomic E-state index is 0.0175. The van der Waals surface area contributed by atoms with Crippen LogP contribution in [0.15, 0.2) is 71.2 Å². The Hall–Kier alpha value is -3.52. The van der Waals surface area contributed by atoms with Gasteiger partial charge in [-0.05, 0) is 63.5 Å². The second-order valence-corrected chi connectivity index (χ2v) is 7.80. The second-order valence-electron chi connectivity index (χ2n) is 7.01. The molecule has 3 rings (SSSR count). The monoisotopic (exact) mass is 496 g/mol. The van der Waals surface area contributed by atoms with E-state index in [0.717, 1.165) is 5.56 Å². The molecule has 7 nitrogen and oxygen atoms in total. The highest BCUT2D eigenvalue weighted by atomic mass is 79.9. The van der Waals surface area contributed by atoms with Crippen molar-refractivity contribution < 1.29 is 14.3 Å². The van der Waals surface area contributed by atoms with E-state index in [1.807, 2.05) is 30.3 Å². The largest absolute Gasteiger partial charge is 0.495 e. The fraction of sp³-hybridized carbons (Fsp3) is 0.167. The van der Waals surface area contributed by atoms with Gasteiger partial charge in [-0.25, -0.2) is 0 Å². The highest BCUT2D eigenvalue weighted by Gasteiger charge is 2.24. The zero-order chi connectivity index (χ0) is 23.1. The Morgan fingerprint density at radius 3 is 2.16 bits per heavy atom. The number of nitrogens with two attached hydrogens (primary N) is 1. The van der Waals surface area contributed by atoms with E-state index in [1.165, 1.54) is 0 Å². The van der Waals surface area contributed by atoms with Crippen LogP contribution in [0.2, 0.25) is 0 Å². The summed E-state index contributed by atoms with van der Waals surface area (Å²) in [6.45, 7) is 0.395. The lowest BCUT2D eigenvalue weighted by Gasteiger charge is -2.22. The van der Waals surface area contributed by atoms with Crippen LogP contribution in [0.1, 0.15) is 22.7 Å². The summed E-state index contributed by atoms with van der Waals surface area (Å²) in [5.74, 6) is 0.870. The first-order chi connectivity index (χ1) is 15.4. The van der Waals surface area contributed by atoms with E-state index < -0.39 is 6.04 Å². The topological polar surface area (TPSA) is 109 Å². The molecule has 0 radical (unpaired) electrons. The molecule has 5 N–H and O–H groups in total. The van der Waals surface area contributed by atoms with Crippen molar-refractivity contribution >= 4 is 33.4 Å². The van der Waals surface area contributed by atoms with Gasteiger partial charge in [0.15, 0.2) is 0 Å². The third-order valence-electron chi connectivity index (χ3n) is 4.88. The maximum atomic E-state index is 13.3. The standard InChI is InChI=1S/C24H25BrN4O3/c1-31-19-12-17(13-20(32-2)21(19)25)22(24(30)28-14-15-6-4-3-5-7-15)29-18-10-8-16(9-11-18)23(26)27/h3-13,22,29H,14H2,1-2H3,(H3,26,27)(H,28,30)/t22-/m1/s1. The van der Waals surface area contributed by atoms with Crippen molar-refractivity contribution in [2.24, 2.45) is 5.73 Å². The van der Waals surface area contributed by atoms with Crippen LogP contribution in [0.25, 0.3) is 0 Å². The molecule has 0 aliphatic rings. The normalized spacial score (nSPS) is 11.3. The molecule has 1 amide bonds. The molecule has 0 aliphatic heterocycles. The van der Waals surface area contributed by atoms with Crippen LogP contribution >= 0.6 is 15.9 Å². The number of carbonyl (C=O) groups is 1. The number of halogens is 1. The van der Waals surface area contributed by atoms with E-state index in [4.69, 9.17) is 20.6 Å². The number of anilines is 1. The maximum Gasteiger partial charge on any atom is 0.247 e. The van der Waals surface area contributed by atoms with Gasteiger partial charge in [-0.1, -0.05) is 30.3 Å². The molecule has 3 aromatic rings. The smallest absolute Gasteiger partial charge is 0.247 e. The molecule has 0 unspecified atom stereocenters. The maximum absolute atomic E-state index is 13.3. The molecule has 0 saturated carbocycles. The first kappa shape index (κ1) is 23.1. The van der Waals surface area contributed by atoms with Crippen LogP contribution in [0, 0.1) is 5.41 Å². The molecule has 0 aliphatic carbocycles. The van der Waals surface area contributed by atoms with Gasteiger partial charge in [0.25, 0.3) is 0 Å². The van der Waals surface area contributed by atoms with Crippen molar-refractivity contribution in [2.45, 2.75) is 12.6 Å². The summed E-state index contributed by atoms with van der Waals surface area (Å²) in [6.07, 6.45) is 0. The molecule has 0 saturated heterocycles. The van der Waals surface area contributed by atoms with Gasteiger partial charge >= 0.3 is 0 Å². The third-order valence-corrected chi connectivity index (χ3v) is 5.66. The number of methoxy groups -OCH3 is 2. The van der Waals surface area contributed by atoms with Crippen LogP contribution in [0.5, 0.6) is 11.5 Å². The van der Waals surface area contributed by atoms with Gasteiger partial charge in [0, 0.05) is 17.8 Å². The number of carbonyl (C=O) groups excluding carboxylic acids is 1. The van der Waals surface area contributed by atoms with Crippen molar-refractivity contribution in [3.8, 4) is 11.5 Å². The highest BCUT2D eigenvalue weighted by Crippen LogP contribution is 2.38. The summed E-state index contributed by atoms with van der Waals surface area (Å²) in [5.41, 5.74) is 8.52. The lowest BCUT2D eigenvalue weighted by molar-refractivity contribution is -0.122. The van der Waals surface area contributed by atoms with Gasteiger partial charge in [-0.2, -0.15) is 0 Å². The Morgan fingerprint density at radius 2 is 1.62 bits per heavy atom. The van der Waals surface area contributed by atoms with Gasteiger partial charge < -0.3 is 25.8 Å². The number of ether oxygens (including phenoxy) is 2. The first-order valence-electron chi connectivity index (χ1n) is 9.87. The quantitative estimate of drug-likeness (QED) is 0.262. The van der Waals surface area contributed by atoms with Crippen LogP contribution < -0.4 is 25.8 Å². The summed E-state index contributed by atoms with van der Waals surface area (Å²) in [7, 11) is 3.11. The summed E-state index contributed by atoms with van der Waals surface area (Å²) < 4.78 is 11.6. The lowest BCUT2D eigenvalue weighted by atomic mass is 10.0. The number of hydrogen-bond acceptors (Lipinski definition) is 5. The number of amidine groups is 1. The Morgan fingerprint density at radius 1 is 1.03 bits per heavy atom. The van der Waals surface area contributed by atoms with Crippen molar-refractivity contribution in [2.75, 3.05) is 19.5 Å². The molecule has 32 heavy (non-hydrogen) atoms. The Kier molecular flexibility index (Phi) is 7.72. The number of benzene rings is 3. The van der Waals surface area contributed by atoms with Crippen LogP contribution in [-0.2, 0) is 11.3 Å². The predicted octanol–water partition coefficient (Wildman–Crippen LogP) is 4.22. The summed E-state index contributed by atoms with van der Waals surface area (Å²) in [6, 6.07) is 19.6. The Bertz CT molecular complexity index is 1060. The third kappa shape index (κ3) is 5.59. The molecule has 3 aromatic carbocycles. The van der Waals surface area contributed by atoms with Gasteiger partial charge in [0.2, 0.25) is 5.91 Å².